The Hall–Kier alpha value is -2.63. The summed E-state index contributed by atoms with van der Waals surface area (Å²) in [5, 5.41) is 1.31. The van der Waals surface area contributed by atoms with E-state index >= 15 is 0 Å². The number of ether oxygens (including phenoxy) is 1. The maximum absolute atomic E-state index is 13.0. The average molecular weight is 385 g/mol. The first kappa shape index (κ1) is 19.1. The van der Waals surface area contributed by atoms with Crippen LogP contribution in [0.25, 0.3) is 10.9 Å². The Bertz CT molecular complexity index is 1030. The van der Waals surface area contributed by atoms with Crippen LogP contribution in [0.4, 0.5) is 0 Å². The highest BCUT2D eigenvalue weighted by Crippen LogP contribution is 2.19. The molecule has 1 amide bonds. The third kappa shape index (κ3) is 4.38. The quantitative estimate of drug-likeness (QED) is 0.703. The summed E-state index contributed by atoms with van der Waals surface area (Å²) in [6.07, 6.45) is 0. The van der Waals surface area contributed by atoms with Gasteiger partial charge in [-0.15, -0.1) is 0 Å². The fourth-order valence-electron chi connectivity index (χ4n) is 2.95. The highest BCUT2D eigenvalue weighted by molar-refractivity contribution is 6.33. The second-order valence-corrected chi connectivity index (χ2v) is 6.82. The molecule has 0 aliphatic heterocycles. The summed E-state index contributed by atoms with van der Waals surface area (Å²) in [5.41, 5.74) is 2.59. The molecule has 0 saturated carbocycles. The van der Waals surface area contributed by atoms with E-state index < -0.39 is 0 Å². The molecule has 0 fully saturated rings. The number of H-pyrrole nitrogens is 1. The number of nitrogens with zero attached hydrogens (tertiary/aromatic N) is 1. The summed E-state index contributed by atoms with van der Waals surface area (Å²) in [7, 11) is 1.57. The van der Waals surface area contributed by atoms with Crippen LogP contribution in [0.3, 0.4) is 0 Å². The molecule has 0 unspecified atom stereocenters. The van der Waals surface area contributed by atoms with Crippen molar-refractivity contribution in [3.63, 3.8) is 0 Å². The third-order valence-electron chi connectivity index (χ3n) is 4.39. The van der Waals surface area contributed by atoms with Crippen LogP contribution < -0.4 is 5.56 Å². The molecule has 0 bridgehead atoms. The number of carbonyl (C=O) groups is 1. The van der Waals surface area contributed by atoms with E-state index in [1.807, 2.05) is 31.2 Å². The van der Waals surface area contributed by atoms with E-state index in [1.54, 1.807) is 36.3 Å². The van der Waals surface area contributed by atoms with Gasteiger partial charge in [0.2, 0.25) is 0 Å². The van der Waals surface area contributed by atoms with Crippen LogP contribution in [-0.2, 0) is 11.3 Å². The van der Waals surface area contributed by atoms with Crippen LogP contribution in [0.2, 0.25) is 5.02 Å². The molecule has 5 nitrogen and oxygen atoms in total. The molecule has 0 radical (unpaired) electrons. The van der Waals surface area contributed by atoms with Crippen molar-refractivity contribution in [1.29, 1.82) is 0 Å². The number of rotatable bonds is 6. The molecule has 0 spiro atoms. The van der Waals surface area contributed by atoms with Crippen molar-refractivity contribution in [2.45, 2.75) is 13.5 Å². The van der Waals surface area contributed by atoms with E-state index in [9.17, 15) is 9.59 Å². The molecule has 1 heterocycles. The van der Waals surface area contributed by atoms with Crippen LogP contribution in [0.1, 0.15) is 21.5 Å². The number of aromatic nitrogens is 1. The lowest BCUT2D eigenvalue weighted by Gasteiger charge is -2.23. The predicted octanol–water partition coefficient (Wildman–Crippen LogP) is 3.78. The first-order chi connectivity index (χ1) is 13.0. The standard InChI is InChI=1S/C21H21ClN2O3/c1-14-7-8-19-15(11-14)12-16(20(25)23-19)13-24(9-10-27-2)21(26)17-5-3-4-6-18(17)22/h3-8,11-12H,9-10,13H2,1-2H3,(H,23,25). The predicted molar refractivity (Wildman–Crippen MR) is 107 cm³/mol. The molecule has 0 aliphatic rings. The lowest BCUT2D eigenvalue weighted by Crippen LogP contribution is -2.35. The molecule has 140 valence electrons. The van der Waals surface area contributed by atoms with Gasteiger partial charge < -0.3 is 14.6 Å². The van der Waals surface area contributed by atoms with Crippen molar-refractivity contribution < 1.29 is 9.53 Å². The van der Waals surface area contributed by atoms with Gasteiger partial charge in [-0.1, -0.05) is 35.4 Å². The number of fused-ring (bicyclic) bond motifs is 1. The number of nitrogens with one attached hydrogen (secondary N) is 1. The number of methoxy groups -OCH3 is 1. The summed E-state index contributed by atoms with van der Waals surface area (Å²) < 4.78 is 5.13. The molecular weight excluding hydrogens is 364 g/mol. The van der Waals surface area contributed by atoms with Crippen molar-refractivity contribution in [2.24, 2.45) is 0 Å². The van der Waals surface area contributed by atoms with Crippen LogP contribution in [-0.4, -0.2) is 36.1 Å². The van der Waals surface area contributed by atoms with Crippen molar-refractivity contribution >= 4 is 28.4 Å². The number of carbonyl (C=O) groups excluding carboxylic acids is 1. The van der Waals surface area contributed by atoms with Gasteiger partial charge in [0.15, 0.2) is 0 Å². The Labute approximate surface area is 162 Å². The molecule has 6 heteroatoms. The molecule has 3 rings (SSSR count). The van der Waals surface area contributed by atoms with Crippen molar-refractivity contribution in [3.05, 3.63) is 80.6 Å². The van der Waals surface area contributed by atoms with Crippen LogP contribution in [0.5, 0.6) is 0 Å². The highest BCUT2D eigenvalue weighted by Gasteiger charge is 2.19. The second kappa shape index (κ2) is 8.37. The van der Waals surface area contributed by atoms with Gasteiger partial charge in [0.05, 0.1) is 23.7 Å². The van der Waals surface area contributed by atoms with E-state index in [0.717, 1.165) is 16.5 Å². The maximum Gasteiger partial charge on any atom is 0.255 e. The lowest BCUT2D eigenvalue weighted by atomic mass is 10.1. The van der Waals surface area contributed by atoms with Crippen molar-refractivity contribution in [2.75, 3.05) is 20.3 Å². The zero-order valence-electron chi connectivity index (χ0n) is 15.3. The fraction of sp³-hybridized carbons (Fsp3) is 0.238. The fourth-order valence-corrected chi connectivity index (χ4v) is 3.17. The van der Waals surface area contributed by atoms with Gasteiger partial charge in [0.25, 0.3) is 11.5 Å². The Morgan fingerprint density at radius 3 is 2.70 bits per heavy atom. The second-order valence-electron chi connectivity index (χ2n) is 6.41. The average Bonchev–Trinajstić information content (AvgIpc) is 2.65. The van der Waals surface area contributed by atoms with Crippen LogP contribution >= 0.6 is 11.6 Å². The molecule has 27 heavy (non-hydrogen) atoms. The lowest BCUT2D eigenvalue weighted by molar-refractivity contribution is 0.0680. The smallest absolute Gasteiger partial charge is 0.255 e. The normalized spacial score (nSPS) is 10.9. The molecule has 2 aromatic carbocycles. The monoisotopic (exact) mass is 384 g/mol. The molecular formula is C21H21ClN2O3. The largest absolute Gasteiger partial charge is 0.383 e. The minimum absolute atomic E-state index is 0.173. The number of aryl methyl sites for hydroxylation is 1. The number of hydrogen-bond donors (Lipinski definition) is 1. The third-order valence-corrected chi connectivity index (χ3v) is 4.72. The van der Waals surface area contributed by atoms with Gasteiger partial charge in [-0.05, 0) is 42.6 Å². The van der Waals surface area contributed by atoms with Crippen LogP contribution in [0, 0.1) is 6.92 Å². The topological polar surface area (TPSA) is 62.4 Å². The van der Waals surface area contributed by atoms with E-state index in [2.05, 4.69) is 4.98 Å². The zero-order valence-corrected chi connectivity index (χ0v) is 16.0. The van der Waals surface area contributed by atoms with Gasteiger partial charge in [-0.2, -0.15) is 0 Å². The minimum Gasteiger partial charge on any atom is -0.383 e. The first-order valence-corrected chi connectivity index (χ1v) is 9.02. The van der Waals surface area contributed by atoms with Crippen molar-refractivity contribution in [3.8, 4) is 0 Å². The van der Waals surface area contributed by atoms with E-state index in [1.165, 1.54) is 0 Å². The number of hydrogen-bond acceptors (Lipinski definition) is 3. The molecule has 1 N–H and O–H groups in total. The maximum atomic E-state index is 13.0. The highest BCUT2D eigenvalue weighted by atomic mass is 35.5. The van der Waals surface area contributed by atoms with E-state index in [0.29, 0.717) is 29.3 Å². The van der Waals surface area contributed by atoms with E-state index in [4.69, 9.17) is 16.3 Å². The molecule has 1 aromatic heterocycles. The SMILES string of the molecule is COCCN(Cc1cc2cc(C)ccc2[nH]c1=O)C(=O)c1ccccc1Cl. The summed E-state index contributed by atoms with van der Waals surface area (Å²) in [6, 6.07) is 14.6. The van der Waals surface area contributed by atoms with Gasteiger partial charge in [-0.25, -0.2) is 0 Å². The van der Waals surface area contributed by atoms with Crippen LogP contribution in [0.15, 0.2) is 53.3 Å². The van der Waals surface area contributed by atoms with Gasteiger partial charge in [0.1, 0.15) is 0 Å². The summed E-state index contributed by atoms with van der Waals surface area (Å²) >= 11 is 6.18. The van der Waals surface area contributed by atoms with Crippen molar-refractivity contribution in [1.82, 2.24) is 9.88 Å². The summed E-state index contributed by atoms with van der Waals surface area (Å²) in [6.45, 7) is 2.88. The summed E-state index contributed by atoms with van der Waals surface area (Å²) in [5.74, 6) is -0.235. The van der Waals surface area contributed by atoms with Gasteiger partial charge >= 0.3 is 0 Å². The number of benzene rings is 2. The Balaban J connectivity index is 1.96. The number of aromatic amines is 1. The van der Waals surface area contributed by atoms with Gasteiger partial charge in [0, 0.05) is 24.7 Å². The van der Waals surface area contributed by atoms with Gasteiger partial charge in [-0.3, -0.25) is 9.59 Å². The number of amides is 1. The molecule has 3 aromatic rings. The Morgan fingerprint density at radius 2 is 1.96 bits per heavy atom. The zero-order chi connectivity index (χ0) is 19.4. The Kier molecular flexibility index (Phi) is 5.94. The summed E-state index contributed by atoms with van der Waals surface area (Å²) in [4.78, 5) is 29.9. The van der Waals surface area contributed by atoms with E-state index in [-0.39, 0.29) is 18.0 Å². The first-order valence-electron chi connectivity index (χ1n) is 8.65. The minimum atomic E-state index is -0.235. The molecule has 0 aliphatic carbocycles. The number of pyridine rings is 1. The molecule has 0 saturated heterocycles. The number of halogens is 1. The Morgan fingerprint density at radius 1 is 1.19 bits per heavy atom. The molecule has 0 atom stereocenters.